The Bertz CT molecular complexity index is 301. The predicted octanol–water partition coefficient (Wildman–Crippen LogP) is 0.773. The summed E-state index contributed by atoms with van der Waals surface area (Å²) in [7, 11) is 1.90. The molecule has 4 heteroatoms. The Hall–Kier alpha value is -0.610. The molecular formula is C14H24N2O2. The highest BCUT2D eigenvalue weighted by atomic mass is 16.5. The van der Waals surface area contributed by atoms with Crippen molar-refractivity contribution in [1.82, 2.24) is 10.6 Å². The number of hydrogen-bond donors (Lipinski definition) is 2. The minimum Gasteiger partial charge on any atom is -0.379 e. The van der Waals surface area contributed by atoms with E-state index in [1.165, 1.54) is 25.7 Å². The first-order valence-corrected chi connectivity index (χ1v) is 7.32. The molecular weight excluding hydrogens is 228 g/mol. The van der Waals surface area contributed by atoms with Gasteiger partial charge in [-0.1, -0.05) is 0 Å². The fraction of sp³-hybridized carbons (Fsp3) is 0.929. The lowest BCUT2D eigenvalue weighted by molar-refractivity contribution is -0.125. The third kappa shape index (κ3) is 2.69. The fourth-order valence-corrected chi connectivity index (χ4v) is 3.21. The summed E-state index contributed by atoms with van der Waals surface area (Å²) in [5.41, 5.74) is 0. The molecule has 2 unspecified atom stereocenters. The molecule has 0 aromatic heterocycles. The smallest absolute Gasteiger partial charge is 0.227 e. The topological polar surface area (TPSA) is 50.4 Å². The number of nitrogens with one attached hydrogen (secondary N) is 2. The van der Waals surface area contributed by atoms with E-state index in [1.807, 2.05) is 7.05 Å². The van der Waals surface area contributed by atoms with Crippen LogP contribution >= 0.6 is 0 Å². The quantitative estimate of drug-likeness (QED) is 0.734. The van der Waals surface area contributed by atoms with Gasteiger partial charge in [0.25, 0.3) is 0 Å². The predicted molar refractivity (Wildman–Crippen MR) is 69.1 cm³/mol. The molecule has 1 aliphatic heterocycles. The molecule has 3 fully saturated rings. The van der Waals surface area contributed by atoms with Crippen LogP contribution in [-0.4, -0.2) is 38.8 Å². The lowest BCUT2D eigenvalue weighted by Gasteiger charge is -2.20. The van der Waals surface area contributed by atoms with E-state index in [0.29, 0.717) is 13.2 Å². The lowest BCUT2D eigenvalue weighted by atomic mass is 9.97. The molecule has 2 aliphatic carbocycles. The molecule has 0 radical (unpaired) electrons. The first-order valence-electron chi connectivity index (χ1n) is 7.32. The van der Waals surface area contributed by atoms with Crippen LogP contribution < -0.4 is 10.6 Å². The molecule has 0 spiro atoms. The summed E-state index contributed by atoms with van der Waals surface area (Å²) in [5, 5.41) is 6.34. The van der Waals surface area contributed by atoms with Crippen LogP contribution in [0.1, 0.15) is 25.7 Å². The van der Waals surface area contributed by atoms with E-state index >= 15 is 0 Å². The van der Waals surface area contributed by atoms with Crippen molar-refractivity contribution in [2.24, 2.45) is 23.7 Å². The first kappa shape index (κ1) is 12.4. The van der Waals surface area contributed by atoms with E-state index in [0.717, 1.165) is 24.3 Å². The number of carbonyl (C=O) groups excluding carboxylic acids is 1. The van der Waals surface area contributed by atoms with E-state index in [1.54, 1.807) is 0 Å². The maximum Gasteiger partial charge on any atom is 0.227 e. The molecule has 1 amide bonds. The molecule has 0 aromatic rings. The number of amides is 1. The van der Waals surface area contributed by atoms with Crippen LogP contribution in [0, 0.1) is 23.7 Å². The second-order valence-electron chi connectivity index (χ2n) is 6.12. The highest BCUT2D eigenvalue weighted by Crippen LogP contribution is 2.48. The molecule has 0 aromatic carbocycles. The van der Waals surface area contributed by atoms with Crippen molar-refractivity contribution >= 4 is 5.91 Å². The Labute approximate surface area is 109 Å². The van der Waals surface area contributed by atoms with Crippen molar-refractivity contribution in [2.45, 2.75) is 31.7 Å². The fourth-order valence-electron chi connectivity index (χ4n) is 3.21. The van der Waals surface area contributed by atoms with Gasteiger partial charge in [-0.25, -0.2) is 0 Å². The Kier molecular flexibility index (Phi) is 3.57. The Balaban J connectivity index is 1.48. The molecule has 4 nitrogen and oxygen atoms in total. The van der Waals surface area contributed by atoms with Crippen LogP contribution in [0.3, 0.4) is 0 Å². The number of hydrogen-bond acceptors (Lipinski definition) is 3. The van der Waals surface area contributed by atoms with Gasteiger partial charge in [0.1, 0.15) is 0 Å². The van der Waals surface area contributed by atoms with E-state index in [4.69, 9.17) is 4.74 Å². The maximum absolute atomic E-state index is 12.2. The van der Waals surface area contributed by atoms with E-state index in [-0.39, 0.29) is 17.9 Å². The number of rotatable bonds is 6. The Morgan fingerprint density at radius 1 is 1.22 bits per heavy atom. The summed E-state index contributed by atoms with van der Waals surface area (Å²) in [6, 6.07) is 0.185. The molecule has 2 N–H and O–H groups in total. The van der Waals surface area contributed by atoms with Gasteiger partial charge in [0.05, 0.1) is 19.1 Å². The van der Waals surface area contributed by atoms with Crippen molar-refractivity contribution < 1.29 is 9.53 Å². The molecule has 2 saturated carbocycles. The van der Waals surface area contributed by atoms with Crippen LogP contribution in [-0.2, 0) is 9.53 Å². The van der Waals surface area contributed by atoms with Crippen LogP contribution in [0.2, 0.25) is 0 Å². The van der Waals surface area contributed by atoms with Gasteiger partial charge in [-0.3, -0.25) is 4.79 Å². The first-order chi connectivity index (χ1) is 8.79. The standard InChI is InChI=1S/C14H24N2O2/c1-15-13-8-18-7-12(13)14(17)16-6-11(9-2-3-9)10-4-5-10/h9-13,15H,2-8H2,1H3,(H,16,17). The summed E-state index contributed by atoms with van der Waals surface area (Å²) in [5.74, 6) is 2.73. The monoisotopic (exact) mass is 252 g/mol. The van der Waals surface area contributed by atoms with Gasteiger partial charge in [0.15, 0.2) is 0 Å². The van der Waals surface area contributed by atoms with Crippen LogP contribution in [0.15, 0.2) is 0 Å². The second kappa shape index (κ2) is 5.17. The Morgan fingerprint density at radius 2 is 1.89 bits per heavy atom. The summed E-state index contributed by atoms with van der Waals surface area (Å²) in [6.07, 6.45) is 5.51. The largest absolute Gasteiger partial charge is 0.379 e. The molecule has 0 bridgehead atoms. The highest BCUT2D eigenvalue weighted by Gasteiger charge is 2.42. The zero-order chi connectivity index (χ0) is 12.5. The van der Waals surface area contributed by atoms with Gasteiger partial charge < -0.3 is 15.4 Å². The zero-order valence-corrected chi connectivity index (χ0v) is 11.2. The van der Waals surface area contributed by atoms with E-state index in [9.17, 15) is 4.79 Å². The zero-order valence-electron chi connectivity index (χ0n) is 11.2. The van der Waals surface area contributed by atoms with Gasteiger partial charge in [0.2, 0.25) is 5.91 Å². The normalized spacial score (nSPS) is 31.9. The minimum absolute atomic E-state index is 0.00550. The summed E-state index contributed by atoms with van der Waals surface area (Å²) in [6.45, 7) is 2.11. The van der Waals surface area contributed by atoms with E-state index < -0.39 is 0 Å². The van der Waals surface area contributed by atoms with Crippen LogP contribution in [0.25, 0.3) is 0 Å². The van der Waals surface area contributed by atoms with Crippen molar-refractivity contribution in [3.63, 3.8) is 0 Å². The van der Waals surface area contributed by atoms with Gasteiger partial charge in [-0.15, -0.1) is 0 Å². The highest BCUT2D eigenvalue weighted by molar-refractivity contribution is 5.79. The van der Waals surface area contributed by atoms with Gasteiger partial charge in [-0.05, 0) is 50.5 Å². The summed E-state index contributed by atoms with van der Waals surface area (Å²) >= 11 is 0. The second-order valence-corrected chi connectivity index (χ2v) is 6.12. The van der Waals surface area contributed by atoms with Gasteiger partial charge in [-0.2, -0.15) is 0 Å². The third-order valence-electron chi connectivity index (χ3n) is 4.76. The maximum atomic E-state index is 12.2. The molecule has 18 heavy (non-hydrogen) atoms. The number of likely N-dealkylation sites (N-methyl/N-ethyl adjacent to an activating group) is 1. The van der Waals surface area contributed by atoms with Crippen molar-refractivity contribution in [2.75, 3.05) is 26.8 Å². The van der Waals surface area contributed by atoms with Gasteiger partial charge in [0, 0.05) is 12.6 Å². The molecule has 3 rings (SSSR count). The SMILES string of the molecule is CNC1COCC1C(=O)NCC(C1CC1)C1CC1. The van der Waals surface area contributed by atoms with Gasteiger partial charge >= 0.3 is 0 Å². The van der Waals surface area contributed by atoms with Crippen LogP contribution in [0.5, 0.6) is 0 Å². The summed E-state index contributed by atoms with van der Waals surface area (Å²) in [4.78, 5) is 12.2. The molecule has 3 aliphatic rings. The third-order valence-corrected chi connectivity index (χ3v) is 4.76. The molecule has 1 heterocycles. The number of ether oxygens (including phenoxy) is 1. The van der Waals surface area contributed by atoms with E-state index in [2.05, 4.69) is 10.6 Å². The van der Waals surface area contributed by atoms with Crippen molar-refractivity contribution in [1.29, 1.82) is 0 Å². The van der Waals surface area contributed by atoms with Crippen molar-refractivity contribution in [3.8, 4) is 0 Å². The van der Waals surface area contributed by atoms with Crippen LogP contribution in [0.4, 0.5) is 0 Å². The number of carbonyl (C=O) groups is 1. The minimum atomic E-state index is -0.00550. The molecule has 1 saturated heterocycles. The average Bonchev–Trinajstić information content (AvgIpc) is 3.29. The summed E-state index contributed by atoms with van der Waals surface area (Å²) < 4.78 is 5.38. The molecule has 2 atom stereocenters. The molecule has 102 valence electrons. The van der Waals surface area contributed by atoms with Crippen molar-refractivity contribution in [3.05, 3.63) is 0 Å². The average molecular weight is 252 g/mol. The Morgan fingerprint density at radius 3 is 2.44 bits per heavy atom. The lowest BCUT2D eigenvalue weighted by Crippen LogP contribution is -2.44.